The molecule has 0 atom stereocenters. The number of H-pyrrole nitrogens is 2. The van der Waals surface area contributed by atoms with Crippen LogP contribution < -0.4 is 10.5 Å². The molecule has 0 aliphatic rings. The number of imidazole rings is 1. The Balaban J connectivity index is 1.47. The van der Waals surface area contributed by atoms with Gasteiger partial charge in [0.2, 0.25) is 0 Å². The third kappa shape index (κ3) is 6.73. The molecule has 5 rings (SSSR count). The number of hydrogen-bond donors (Lipinski definition) is 3. The summed E-state index contributed by atoms with van der Waals surface area (Å²) in [6.07, 6.45) is 1.62. The number of pyridine rings is 3. The second kappa shape index (κ2) is 12.2. The van der Waals surface area contributed by atoms with Crippen LogP contribution >= 0.6 is 11.6 Å². The number of nitrogens with one attached hydrogen (secondary N) is 2. The number of hydrogen-bond acceptors (Lipinski definition) is 8. The van der Waals surface area contributed by atoms with Crippen LogP contribution in [0.5, 0.6) is 0 Å². The second-order valence-electron chi connectivity index (χ2n) is 11.6. The normalized spacial score (nSPS) is 11.6. The van der Waals surface area contributed by atoms with E-state index in [0.717, 1.165) is 6.07 Å². The van der Waals surface area contributed by atoms with E-state index in [-0.39, 0.29) is 33.4 Å². The summed E-state index contributed by atoms with van der Waals surface area (Å²) in [7, 11) is 3.50. The van der Waals surface area contributed by atoms with Crippen LogP contribution in [0.25, 0.3) is 44.6 Å². The summed E-state index contributed by atoms with van der Waals surface area (Å²) >= 11 is 6.35. The standard InChI is InChI=1S/C31H31ClFN7O5/c1-31(2,3)45-30(44)40(5)12-6-11-39(4)27-25-22(15-23(32)37-27)35-26(38-25)19-14-18-21(36-28(19)41)9-10-34-24(18)17-8-7-16(29(42)43)13-20(17)33/h7-10,13-15H,6,11-12H2,1-5H3,(H,35,38)(H,36,41)(H,42,43). The van der Waals surface area contributed by atoms with Gasteiger partial charge in [-0.15, -0.1) is 0 Å². The maximum atomic E-state index is 15.0. The third-order valence-corrected chi connectivity index (χ3v) is 7.17. The van der Waals surface area contributed by atoms with Gasteiger partial charge < -0.3 is 29.6 Å². The molecule has 0 spiro atoms. The van der Waals surface area contributed by atoms with Gasteiger partial charge in [-0.05, 0) is 57.5 Å². The van der Waals surface area contributed by atoms with Crippen molar-refractivity contribution in [1.29, 1.82) is 0 Å². The number of aromatic amines is 2. The Hall–Kier alpha value is -5.04. The highest BCUT2D eigenvalue weighted by molar-refractivity contribution is 6.30. The number of aromatic carboxylic acids is 1. The molecule has 4 aromatic heterocycles. The summed E-state index contributed by atoms with van der Waals surface area (Å²) in [6, 6.07) is 8.30. The van der Waals surface area contributed by atoms with E-state index in [1.165, 1.54) is 23.2 Å². The molecule has 0 bridgehead atoms. The van der Waals surface area contributed by atoms with Crippen molar-refractivity contribution in [3.8, 4) is 22.6 Å². The van der Waals surface area contributed by atoms with Crippen molar-refractivity contribution in [2.24, 2.45) is 0 Å². The number of carbonyl (C=O) groups is 2. The van der Waals surface area contributed by atoms with Gasteiger partial charge in [0, 0.05) is 50.4 Å². The fourth-order valence-electron chi connectivity index (χ4n) is 4.80. The molecule has 1 aromatic carbocycles. The molecule has 234 valence electrons. The van der Waals surface area contributed by atoms with Gasteiger partial charge >= 0.3 is 12.1 Å². The van der Waals surface area contributed by atoms with Crippen molar-refractivity contribution >= 4 is 51.4 Å². The lowest BCUT2D eigenvalue weighted by Gasteiger charge is -2.25. The van der Waals surface area contributed by atoms with E-state index in [4.69, 9.17) is 21.3 Å². The summed E-state index contributed by atoms with van der Waals surface area (Å²) in [5.74, 6) is -1.32. The van der Waals surface area contributed by atoms with Crippen molar-refractivity contribution in [3.05, 3.63) is 69.5 Å². The monoisotopic (exact) mass is 635 g/mol. The van der Waals surface area contributed by atoms with Gasteiger partial charge in [-0.25, -0.2) is 23.9 Å². The topological polar surface area (TPSA) is 157 Å². The van der Waals surface area contributed by atoms with Crippen molar-refractivity contribution in [1.82, 2.24) is 29.8 Å². The maximum absolute atomic E-state index is 15.0. The lowest BCUT2D eigenvalue weighted by molar-refractivity contribution is 0.0297. The van der Waals surface area contributed by atoms with Gasteiger partial charge in [0.15, 0.2) is 5.82 Å². The van der Waals surface area contributed by atoms with E-state index >= 15 is 4.39 Å². The third-order valence-electron chi connectivity index (χ3n) is 6.97. The van der Waals surface area contributed by atoms with Crippen LogP contribution in [0, 0.1) is 5.82 Å². The van der Waals surface area contributed by atoms with Gasteiger partial charge in [-0.1, -0.05) is 11.6 Å². The Morgan fingerprint density at radius 2 is 1.78 bits per heavy atom. The summed E-state index contributed by atoms with van der Waals surface area (Å²) in [4.78, 5) is 59.6. The molecule has 4 heterocycles. The van der Waals surface area contributed by atoms with Gasteiger partial charge in [0.25, 0.3) is 5.56 Å². The number of carbonyl (C=O) groups excluding carboxylic acids is 1. The zero-order valence-corrected chi connectivity index (χ0v) is 26.0. The lowest BCUT2D eigenvalue weighted by atomic mass is 10.0. The number of aromatic nitrogens is 5. The molecule has 0 radical (unpaired) electrons. The van der Waals surface area contributed by atoms with Gasteiger partial charge in [-0.3, -0.25) is 9.78 Å². The summed E-state index contributed by atoms with van der Waals surface area (Å²) < 4.78 is 20.4. The predicted molar refractivity (Wildman–Crippen MR) is 169 cm³/mol. The zero-order chi connectivity index (χ0) is 32.6. The van der Waals surface area contributed by atoms with Crippen LogP contribution in [0.15, 0.2) is 47.4 Å². The first kappa shape index (κ1) is 31.4. The molecule has 5 aromatic rings. The highest BCUT2D eigenvalue weighted by Crippen LogP contribution is 2.32. The average Bonchev–Trinajstić information content (AvgIpc) is 3.38. The largest absolute Gasteiger partial charge is 0.478 e. The number of carboxylic acids is 1. The van der Waals surface area contributed by atoms with Gasteiger partial charge in [0.05, 0.1) is 27.9 Å². The molecule has 0 saturated heterocycles. The number of anilines is 1. The van der Waals surface area contributed by atoms with Crippen LogP contribution in [0.3, 0.4) is 0 Å². The molecule has 0 aliphatic heterocycles. The minimum Gasteiger partial charge on any atom is -0.478 e. The summed E-state index contributed by atoms with van der Waals surface area (Å²) in [5, 5.41) is 9.86. The zero-order valence-electron chi connectivity index (χ0n) is 25.2. The SMILES string of the molecule is CN(CCCN(C)c1nc(Cl)cc2[nH]c(-c3cc4c(-c5ccc(C(=O)O)cc5F)nccc4[nH]c3=O)nc12)C(=O)OC(C)(C)C. The number of benzene rings is 1. The Kier molecular flexibility index (Phi) is 8.48. The molecule has 0 fully saturated rings. The van der Waals surface area contributed by atoms with E-state index in [1.807, 2.05) is 32.7 Å². The van der Waals surface area contributed by atoms with Crippen LogP contribution in [0.2, 0.25) is 5.15 Å². The highest BCUT2D eigenvalue weighted by Gasteiger charge is 2.21. The van der Waals surface area contributed by atoms with Crippen molar-refractivity contribution in [2.75, 3.05) is 32.1 Å². The Morgan fingerprint density at radius 3 is 2.47 bits per heavy atom. The van der Waals surface area contributed by atoms with Crippen molar-refractivity contribution in [3.63, 3.8) is 0 Å². The van der Waals surface area contributed by atoms with E-state index < -0.39 is 29.0 Å². The molecule has 0 unspecified atom stereocenters. The first-order valence-corrected chi connectivity index (χ1v) is 14.4. The van der Waals surface area contributed by atoms with Crippen molar-refractivity contribution in [2.45, 2.75) is 32.8 Å². The van der Waals surface area contributed by atoms with Crippen LogP contribution in [0.1, 0.15) is 37.6 Å². The number of carboxylic acid groups (broad SMARTS) is 1. The fraction of sp³-hybridized carbons (Fsp3) is 0.290. The smallest absolute Gasteiger partial charge is 0.410 e. The summed E-state index contributed by atoms with van der Waals surface area (Å²) in [5.41, 5.74) is 0.646. The minimum atomic E-state index is -1.25. The lowest BCUT2D eigenvalue weighted by Crippen LogP contribution is -2.35. The maximum Gasteiger partial charge on any atom is 0.410 e. The number of halogens is 2. The molecular formula is C31H31ClFN7O5. The Labute approximate surface area is 261 Å². The van der Waals surface area contributed by atoms with Gasteiger partial charge in [0.1, 0.15) is 27.9 Å². The van der Waals surface area contributed by atoms with E-state index in [0.29, 0.717) is 47.3 Å². The first-order valence-electron chi connectivity index (χ1n) is 14.0. The number of nitrogens with zero attached hydrogens (tertiary/aromatic N) is 5. The van der Waals surface area contributed by atoms with E-state index in [2.05, 4.69) is 19.9 Å². The highest BCUT2D eigenvalue weighted by atomic mass is 35.5. The second-order valence-corrected chi connectivity index (χ2v) is 11.9. The molecule has 0 aliphatic carbocycles. The molecule has 1 amide bonds. The van der Waals surface area contributed by atoms with Crippen LogP contribution in [-0.2, 0) is 4.74 Å². The number of amides is 1. The molecule has 12 nitrogen and oxygen atoms in total. The van der Waals surface area contributed by atoms with Crippen molar-refractivity contribution < 1.29 is 23.8 Å². The molecule has 3 N–H and O–H groups in total. The number of fused-ring (bicyclic) bond motifs is 2. The van der Waals surface area contributed by atoms with Crippen LogP contribution in [0.4, 0.5) is 15.0 Å². The van der Waals surface area contributed by atoms with E-state index in [9.17, 15) is 19.5 Å². The Morgan fingerprint density at radius 1 is 1.02 bits per heavy atom. The van der Waals surface area contributed by atoms with E-state index in [1.54, 1.807) is 25.2 Å². The van der Waals surface area contributed by atoms with Gasteiger partial charge in [-0.2, -0.15) is 0 Å². The average molecular weight is 636 g/mol. The molecule has 45 heavy (non-hydrogen) atoms. The molecule has 14 heteroatoms. The predicted octanol–water partition coefficient (Wildman–Crippen LogP) is 5.71. The molecule has 0 saturated carbocycles. The minimum absolute atomic E-state index is 0.0745. The number of rotatable bonds is 8. The summed E-state index contributed by atoms with van der Waals surface area (Å²) in [6.45, 7) is 6.38. The molecular weight excluding hydrogens is 605 g/mol. The number of ether oxygens (including phenoxy) is 1. The first-order chi connectivity index (χ1) is 21.2. The Bertz CT molecular complexity index is 2000. The van der Waals surface area contributed by atoms with Crippen LogP contribution in [-0.4, -0.2) is 79.8 Å². The fourth-order valence-corrected chi connectivity index (χ4v) is 4.99. The quantitative estimate of drug-likeness (QED) is 0.182.